The number of pyridine rings is 1. The standard InChI is InChI=1S/C15H14BrClN2O2/c16-11-7-12(15(17)19-9-11)18-8-10-3-1-4-13-14(10)21-6-2-5-20-13/h1,3-4,7,9,18H,2,5-6,8H2. The molecule has 0 saturated heterocycles. The van der Waals surface area contributed by atoms with Crippen LogP contribution in [-0.4, -0.2) is 18.2 Å². The number of nitrogens with one attached hydrogen (secondary N) is 1. The molecular formula is C15H14BrClN2O2. The number of para-hydroxylation sites is 1. The van der Waals surface area contributed by atoms with Crippen molar-refractivity contribution in [3.8, 4) is 11.5 Å². The van der Waals surface area contributed by atoms with Gasteiger partial charge in [0.25, 0.3) is 0 Å². The molecule has 21 heavy (non-hydrogen) atoms. The average Bonchev–Trinajstić information content (AvgIpc) is 2.74. The lowest BCUT2D eigenvalue weighted by atomic mass is 10.2. The van der Waals surface area contributed by atoms with E-state index in [-0.39, 0.29) is 0 Å². The zero-order valence-corrected chi connectivity index (χ0v) is 13.6. The van der Waals surface area contributed by atoms with Gasteiger partial charge < -0.3 is 14.8 Å². The van der Waals surface area contributed by atoms with Gasteiger partial charge in [0.2, 0.25) is 0 Å². The molecule has 0 amide bonds. The molecule has 4 nitrogen and oxygen atoms in total. The molecule has 6 heteroatoms. The Balaban J connectivity index is 1.81. The zero-order chi connectivity index (χ0) is 14.7. The summed E-state index contributed by atoms with van der Waals surface area (Å²) in [6.07, 6.45) is 2.56. The molecule has 0 aliphatic carbocycles. The maximum Gasteiger partial charge on any atom is 0.166 e. The molecule has 0 bridgehead atoms. The number of hydrogen-bond donors (Lipinski definition) is 1. The van der Waals surface area contributed by atoms with Gasteiger partial charge in [0.1, 0.15) is 0 Å². The van der Waals surface area contributed by atoms with E-state index < -0.39 is 0 Å². The Hall–Kier alpha value is -1.46. The first-order valence-corrected chi connectivity index (χ1v) is 7.83. The quantitative estimate of drug-likeness (QED) is 0.821. The molecule has 3 rings (SSSR count). The number of aromatic nitrogens is 1. The highest BCUT2D eigenvalue weighted by atomic mass is 79.9. The molecule has 1 aromatic heterocycles. The van der Waals surface area contributed by atoms with Crippen LogP contribution in [0, 0.1) is 0 Å². The Bertz CT molecular complexity index is 652. The Morgan fingerprint density at radius 3 is 3.05 bits per heavy atom. The van der Waals surface area contributed by atoms with Crippen LogP contribution in [0.1, 0.15) is 12.0 Å². The van der Waals surface area contributed by atoms with Crippen molar-refractivity contribution in [2.45, 2.75) is 13.0 Å². The number of hydrogen-bond acceptors (Lipinski definition) is 4. The fourth-order valence-corrected chi connectivity index (χ4v) is 2.63. The minimum absolute atomic E-state index is 0.442. The van der Waals surface area contributed by atoms with Gasteiger partial charge in [-0.3, -0.25) is 0 Å². The highest BCUT2D eigenvalue weighted by molar-refractivity contribution is 9.10. The topological polar surface area (TPSA) is 43.4 Å². The number of nitrogens with zero attached hydrogens (tertiary/aromatic N) is 1. The largest absolute Gasteiger partial charge is 0.490 e. The molecule has 0 radical (unpaired) electrons. The van der Waals surface area contributed by atoms with E-state index in [0.717, 1.165) is 33.6 Å². The lowest BCUT2D eigenvalue weighted by molar-refractivity contribution is 0.296. The summed E-state index contributed by atoms with van der Waals surface area (Å²) in [5.41, 5.74) is 1.81. The van der Waals surface area contributed by atoms with E-state index >= 15 is 0 Å². The highest BCUT2D eigenvalue weighted by Gasteiger charge is 2.14. The second kappa shape index (κ2) is 6.54. The average molecular weight is 370 g/mol. The van der Waals surface area contributed by atoms with Crippen LogP contribution >= 0.6 is 27.5 Å². The van der Waals surface area contributed by atoms with E-state index in [1.165, 1.54) is 0 Å². The van der Waals surface area contributed by atoms with E-state index in [0.29, 0.717) is 24.9 Å². The summed E-state index contributed by atoms with van der Waals surface area (Å²) in [5.74, 6) is 1.60. The van der Waals surface area contributed by atoms with Crippen molar-refractivity contribution in [1.29, 1.82) is 0 Å². The normalized spacial score (nSPS) is 13.6. The fourth-order valence-electron chi connectivity index (χ4n) is 2.13. The van der Waals surface area contributed by atoms with Gasteiger partial charge in [-0.05, 0) is 28.1 Å². The maximum absolute atomic E-state index is 6.08. The third-order valence-corrected chi connectivity index (χ3v) is 3.86. The van der Waals surface area contributed by atoms with E-state index in [2.05, 4.69) is 26.2 Å². The number of halogens is 2. The van der Waals surface area contributed by atoms with E-state index in [4.69, 9.17) is 21.1 Å². The Morgan fingerprint density at radius 2 is 2.14 bits per heavy atom. The van der Waals surface area contributed by atoms with Crippen molar-refractivity contribution >= 4 is 33.2 Å². The van der Waals surface area contributed by atoms with Gasteiger partial charge in [-0.15, -0.1) is 0 Å². The van der Waals surface area contributed by atoms with Crippen LogP contribution < -0.4 is 14.8 Å². The lowest BCUT2D eigenvalue weighted by Crippen LogP contribution is -2.04. The minimum atomic E-state index is 0.442. The summed E-state index contributed by atoms with van der Waals surface area (Å²) < 4.78 is 12.4. The molecule has 0 spiro atoms. The summed E-state index contributed by atoms with van der Waals surface area (Å²) >= 11 is 9.47. The van der Waals surface area contributed by atoms with E-state index in [1.807, 2.05) is 24.3 Å². The SMILES string of the molecule is Clc1ncc(Br)cc1NCc1cccc2c1OCCCO2. The van der Waals surface area contributed by atoms with Crippen LogP contribution in [0.3, 0.4) is 0 Å². The maximum atomic E-state index is 6.08. The number of ether oxygens (including phenoxy) is 2. The zero-order valence-electron chi connectivity index (χ0n) is 11.2. The molecule has 110 valence electrons. The van der Waals surface area contributed by atoms with Crippen LogP contribution in [0.4, 0.5) is 5.69 Å². The van der Waals surface area contributed by atoms with Crippen LogP contribution in [0.5, 0.6) is 11.5 Å². The molecule has 0 saturated carbocycles. The fraction of sp³-hybridized carbons (Fsp3) is 0.267. The van der Waals surface area contributed by atoms with Crippen LogP contribution in [-0.2, 0) is 6.54 Å². The first kappa shape index (κ1) is 14.5. The van der Waals surface area contributed by atoms with Crippen LogP contribution in [0.2, 0.25) is 5.15 Å². The number of rotatable bonds is 3. The van der Waals surface area contributed by atoms with Crippen molar-refractivity contribution in [2.75, 3.05) is 18.5 Å². The number of benzene rings is 1. The second-order valence-corrected chi connectivity index (χ2v) is 5.91. The molecular weight excluding hydrogens is 356 g/mol. The summed E-state index contributed by atoms with van der Waals surface area (Å²) in [6.45, 7) is 1.94. The van der Waals surface area contributed by atoms with Gasteiger partial charge in [0.15, 0.2) is 16.7 Å². The Morgan fingerprint density at radius 1 is 1.29 bits per heavy atom. The van der Waals surface area contributed by atoms with Crippen LogP contribution in [0.15, 0.2) is 34.9 Å². The predicted octanol–water partition coefficient (Wildman–Crippen LogP) is 4.27. The summed E-state index contributed by atoms with van der Waals surface area (Å²) in [6, 6.07) is 7.80. The summed E-state index contributed by atoms with van der Waals surface area (Å²) in [7, 11) is 0. The number of anilines is 1. The van der Waals surface area contributed by atoms with Crippen molar-refractivity contribution in [2.24, 2.45) is 0 Å². The van der Waals surface area contributed by atoms with Crippen molar-refractivity contribution < 1.29 is 9.47 Å². The third-order valence-electron chi connectivity index (χ3n) is 3.13. The molecule has 1 N–H and O–H groups in total. The monoisotopic (exact) mass is 368 g/mol. The molecule has 2 aromatic rings. The van der Waals surface area contributed by atoms with Crippen molar-refractivity contribution in [3.63, 3.8) is 0 Å². The minimum Gasteiger partial charge on any atom is -0.490 e. The Labute approximate surface area is 136 Å². The molecule has 0 atom stereocenters. The van der Waals surface area contributed by atoms with Crippen molar-refractivity contribution in [3.05, 3.63) is 45.7 Å². The van der Waals surface area contributed by atoms with Gasteiger partial charge in [-0.25, -0.2) is 4.98 Å². The van der Waals surface area contributed by atoms with Crippen molar-refractivity contribution in [1.82, 2.24) is 4.98 Å². The third kappa shape index (κ3) is 3.41. The second-order valence-electron chi connectivity index (χ2n) is 4.64. The van der Waals surface area contributed by atoms with E-state index in [9.17, 15) is 0 Å². The van der Waals surface area contributed by atoms with Gasteiger partial charge in [-0.2, -0.15) is 0 Å². The predicted molar refractivity (Wildman–Crippen MR) is 86.3 cm³/mol. The molecule has 1 aromatic carbocycles. The molecule has 2 heterocycles. The van der Waals surface area contributed by atoms with Gasteiger partial charge >= 0.3 is 0 Å². The van der Waals surface area contributed by atoms with Gasteiger partial charge in [-0.1, -0.05) is 23.7 Å². The molecule has 1 aliphatic rings. The van der Waals surface area contributed by atoms with Gasteiger partial charge in [0, 0.05) is 29.2 Å². The summed E-state index contributed by atoms with van der Waals surface area (Å²) in [5, 5.41) is 3.72. The molecule has 1 aliphatic heterocycles. The highest BCUT2D eigenvalue weighted by Crippen LogP contribution is 2.34. The first-order valence-electron chi connectivity index (χ1n) is 6.66. The molecule has 0 fully saturated rings. The Kier molecular flexibility index (Phi) is 4.51. The lowest BCUT2D eigenvalue weighted by Gasteiger charge is -2.14. The number of fused-ring (bicyclic) bond motifs is 1. The van der Waals surface area contributed by atoms with E-state index in [1.54, 1.807) is 6.20 Å². The first-order chi connectivity index (χ1) is 10.2. The summed E-state index contributed by atoms with van der Waals surface area (Å²) in [4.78, 5) is 4.09. The van der Waals surface area contributed by atoms with Gasteiger partial charge in [0.05, 0.1) is 18.9 Å². The van der Waals surface area contributed by atoms with Crippen LogP contribution in [0.25, 0.3) is 0 Å². The molecule has 0 unspecified atom stereocenters. The smallest absolute Gasteiger partial charge is 0.166 e.